The van der Waals surface area contributed by atoms with Gasteiger partial charge in [0.05, 0.1) is 29.1 Å². The van der Waals surface area contributed by atoms with Crippen LogP contribution in [-0.4, -0.2) is 32.6 Å². The third-order valence-corrected chi connectivity index (χ3v) is 5.06. The fourth-order valence-electron chi connectivity index (χ4n) is 3.76. The predicted octanol–water partition coefficient (Wildman–Crippen LogP) is 2.93. The van der Waals surface area contributed by atoms with Gasteiger partial charge in [-0.15, -0.1) is 0 Å². The highest BCUT2D eigenvalue weighted by molar-refractivity contribution is 6.21. The van der Waals surface area contributed by atoms with Crippen LogP contribution in [0.3, 0.4) is 0 Å². The molecule has 134 valence electrons. The molecule has 1 aliphatic carbocycles. The number of amides is 2. The van der Waals surface area contributed by atoms with Crippen LogP contribution < -0.4 is 0 Å². The van der Waals surface area contributed by atoms with Crippen molar-refractivity contribution >= 4 is 17.8 Å². The van der Waals surface area contributed by atoms with Gasteiger partial charge in [-0.1, -0.05) is 37.0 Å². The highest BCUT2D eigenvalue weighted by atomic mass is 16.7. The Labute approximate surface area is 150 Å². The van der Waals surface area contributed by atoms with Crippen LogP contribution in [0.25, 0.3) is 0 Å². The summed E-state index contributed by atoms with van der Waals surface area (Å²) in [5.41, 5.74) is 1.56. The molecule has 2 heterocycles. The molecule has 1 aliphatic heterocycles. The van der Waals surface area contributed by atoms with Gasteiger partial charge < -0.3 is 4.84 Å². The van der Waals surface area contributed by atoms with Gasteiger partial charge >= 0.3 is 5.97 Å². The van der Waals surface area contributed by atoms with Crippen molar-refractivity contribution in [1.29, 1.82) is 0 Å². The van der Waals surface area contributed by atoms with Crippen LogP contribution in [0, 0.1) is 0 Å². The number of hydroxylamine groups is 2. The van der Waals surface area contributed by atoms with E-state index in [-0.39, 0.29) is 11.1 Å². The normalized spacial score (nSPS) is 17.0. The molecule has 0 spiro atoms. The third kappa shape index (κ3) is 2.51. The second-order valence-corrected chi connectivity index (χ2v) is 6.57. The summed E-state index contributed by atoms with van der Waals surface area (Å²) in [6.07, 6.45) is 6.48. The summed E-state index contributed by atoms with van der Waals surface area (Å²) in [6, 6.07) is 6.70. The van der Waals surface area contributed by atoms with E-state index in [1.807, 2.05) is 11.6 Å². The first-order valence-electron chi connectivity index (χ1n) is 8.88. The van der Waals surface area contributed by atoms with Gasteiger partial charge in [0.1, 0.15) is 5.56 Å². The first kappa shape index (κ1) is 16.5. The van der Waals surface area contributed by atoms with Gasteiger partial charge in [0, 0.05) is 0 Å². The lowest BCUT2D eigenvalue weighted by Gasteiger charge is -2.15. The number of carbonyl (C=O) groups excluding carboxylic acids is 3. The minimum atomic E-state index is -0.736. The molecular weight excluding hydrogens is 334 g/mol. The first-order valence-corrected chi connectivity index (χ1v) is 8.88. The van der Waals surface area contributed by atoms with Crippen molar-refractivity contribution in [2.24, 2.45) is 0 Å². The molecule has 2 aromatic rings. The van der Waals surface area contributed by atoms with E-state index in [1.54, 1.807) is 24.3 Å². The molecule has 2 amide bonds. The van der Waals surface area contributed by atoms with E-state index < -0.39 is 17.8 Å². The van der Waals surface area contributed by atoms with Crippen molar-refractivity contribution in [2.45, 2.75) is 45.1 Å². The topological polar surface area (TPSA) is 81.5 Å². The van der Waals surface area contributed by atoms with E-state index in [2.05, 4.69) is 5.10 Å². The van der Waals surface area contributed by atoms with Gasteiger partial charge in [-0.2, -0.15) is 5.10 Å². The van der Waals surface area contributed by atoms with E-state index in [9.17, 15) is 14.4 Å². The van der Waals surface area contributed by atoms with Crippen molar-refractivity contribution in [3.8, 4) is 0 Å². The van der Waals surface area contributed by atoms with Crippen molar-refractivity contribution in [3.63, 3.8) is 0 Å². The summed E-state index contributed by atoms with van der Waals surface area (Å²) in [5.74, 6) is -1.99. The number of fused-ring (bicyclic) bond motifs is 1. The summed E-state index contributed by atoms with van der Waals surface area (Å²) in [6.45, 7) is 1.95. The molecule has 0 unspecified atom stereocenters. The third-order valence-electron chi connectivity index (χ3n) is 5.06. The van der Waals surface area contributed by atoms with Crippen LogP contribution in [0.15, 0.2) is 30.5 Å². The van der Waals surface area contributed by atoms with Crippen LogP contribution in [0.5, 0.6) is 0 Å². The smallest absolute Gasteiger partial charge is 0.324 e. The number of hydrogen-bond donors (Lipinski definition) is 0. The Balaban J connectivity index is 1.58. The van der Waals surface area contributed by atoms with Crippen molar-refractivity contribution in [2.75, 3.05) is 0 Å². The molecule has 2 aliphatic rings. The molecule has 1 aromatic carbocycles. The van der Waals surface area contributed by atoms with Crippen LogP contribution >= 0.6 is 0 Å². The molecule has 0 saturated heterocycles. The molecule has 0 atom stereocenters. The molecule has 7 heteroatoms. The van der Waals surface area contributed by atoms with E-state index in [0.717, 1.165) is 31.4 Å². The Bertz CT molecular complexity index is 861. The maximum absolute atomic E-state index is 12.6. The van der Waals surface area contributed by atoms with Gasteiger partial charge in [-0.25, -0.2) is 4.79 Å². The molecule has 1 saturated carbocycles. The average molecular weight is 353 g/mol. The highest BCUT2D eigenvalue weighted by Gasteiger charge is 2.39. The molecule has 1 aromatic heterocycles. The Morgan fingerprint density at radius 3 is 2.35 bits per heavy atom. The zero-order valence-corrected chi connectivity index (χ0v) is 14.5. The van der Waals surface area contributed by atoms with Crippen LogP contribution in [0.4, 0.5) is 0 Å². The molecule has 0 bridgehead atoms. The standard InChI is InChI=1S/C19H19N3O4/c1-2-16-15(11-20-21(16)12-7-3-4-8-12)19(25)26-22-17(23)13-9-5-6-10-14(13)18(22)24/h5-6,9-12H,2-4,7-8H2,1H3. The van der Waals surface area contributed by atoms with Crippen LogP contribution in [-0.2, 0) is 11.3 Å². The minimum Gasteiger partial charge on any atom is -0.324 e. The maximum Gasteiger partial charge on any atom is 0.367 e. The molecule has 0 N–H and O–H groups in total. The molecule has 7 nitrogen and oxygen atoms in total. The lowest BCUT2D eigenvalue weighted by Crippen LogP contribution is -2.33. The second kappa shape index (κ2) is 6.40. The van der Waals surface area contributed by atoms with E-state index in [0.29, 0.717) is 23.1 Å². The quantitative estimate of drug-likeness (QED) is 0.790. The lowest BCUT2D eigenvalue weighted by molar-refractivity contribution is -0.0585. The zero-order chi connectivity index (χ0) is 18.3. The second-order valence-electron chi connectivity index (χ2n) is 6.57. The number of hydrogen-bond acceptors (Lipinski definition) is 5. The molecule has 4 rings (SSSR count). The van der Waals surface area contributed by atoms with Gasteiger partial charge in [-0.05, 0) is 31.4 Å². The fraction of sp³-hybridized carbons (Fsp3) is 0.368. The number of nitrogens with zero attached hydrogens (tertiary/aromatic N) is 3. The zero-order valence-electron chi connectivity index (χ0n) is 14.5. The van der Waals surface area contributed by atoms with Gasteiger partial charge in [0.2, 0.25) is 0 Å². The number of imide groups is 1. The van der Waals surface area contributed by atoms with E-state index in [1.165, 1.54) is 6.20 Å². The predicted molar refractivity (Wildman–Crippen MR) is 91.5 cm³/mol. The molecule has 0 radical (unpaired) electrons. The van der Waals surface area contributed by atoms with Crippen molar-refractivity contribution in [1.82, 2.24) is 14.8 Å². The summed E-state index contributed by atoms with van der Waals surface area (Å²) in [5, 5.41) is 4.91. The number of aromatic nitrogens is 2. The Morgan fingerprint density at radius 2 is 1.77 bits per heavy atom. The highest BCUT2D eigenvalue weighted by Crippen LogP contribution is 2.31. The van der Waals surface area contributed by atoms with Crippen molar-refractivity contribution < 1.29 is 19.2 Å². The largest absolute Gasteiger partial charge is 0.367 e. The van der Waals surface area contributed by atoms with Crippen molar-refractivity contribution in [3.05, 3.63) is 52.8 Å². The Kier molecular flexibility index (Phi) is 4.06. The summed E-state index contributed by atoms with van der Waals surface area (Å²) in [4.78, 5) is 42.5. The summed E-state index contributed by atoms with van der Waals surface area (Å²) < 4.78 is 1.89. The molecule has 1 fully saturated rings. The van der Waals surface area contributed by atoms with Gasteiger partial charge in [0.25, 0.3) is 11.8 Å². The van der Waals surface area contributed by atoms with E-state index in [4.69, 9.17) is 4.84 Å². The Morgan fingerprint density at radius 1 is 1.15 bits per heavy atom. The fourth-order valence-corrected chi connectivity index (χ4v) is 3.76. The van der Waals surface area contributed by atoms with E-state index >= 15 is 0 Å². The number of rotatable bonds is 4. The SMILES string of the molecule is CCc1c(C(=O)ON2C(=O)c3ccccc3C2=O)cnn1C1CCCC1. The van der Waals surface area contributed by atoms with Crippen LogP contribution in [0.1, 0.15) is 75.4 Å². The number of benzene rings is 1. The first-order chi connectivity index (χ1) is 12.6. The van der Waals surface area contributed by atoms with Crippen LogP contribution in [0.2, 0.25) is 0 Å². The molecular formula is C19H19N3O4. The maximum atomic E-state index is 12.6. The number of carbonyl (C=O) groups is 3. The molecule has 26 heavy (non-hydrogen) atoms. The average Bonchev–Trinajstić information content (AvgIpc) is 3.37. The lowest BCUT2D eigenvalue weighted by atomic mass is 10.1. The summed E-state index contributed by atoms with van der Waals surface area (Å²) >= 11 is 0. The van der Waals surface area contributed by atoms with Gasteiger partial charge in [0.15, 0.2) is 0 Å². The van der Waals surface area contributed by atoms with Gasteiger partial charge in [-0.3, -0.25) is 14.3 Å². The monoisotopic (exact) mass is 353 g/mol. The Hall–Kier alpha value is -2.96. The minimum absolute atomic E-state index is 0.239. The summed E-state index contributed by atoms with van der Waals surface area (Å²) in [7, 11) is 0.